The molecule has 114 valence electrons. The number of nitrogens with zero attached hydrogens (tertiary/aromatic N) is 3. The van der Waals surface area contributed by atoms with Crippen molar-refractivity contribution in [2.75, 3.05) is 12.8 Å². The van der Waals surface area contributed by atoms with Crippen LogP contribution in [0.15, 0.2) is 18.5 Å². The van der Waals surface area contributed by atoms with Gasteiger partial charge in [-0.1, -0.05) is 13.8 Å². The van der Waals surface area contributed by atoms with Crippen LogP contribution in [0.3, 0.4) is 0 Å². The van der Waals surface area contributed by atoms with Gasteiger partial charge in [-0.05, 0) is 24.0 Å². The second-order valence-corrected chi connectivity index (χ2v) is 5.94. The lowest BCUT2D eigenvalue weighted by Gasteiger charge is -2.33. The summed E-state index contributed by atoms with van der Waals surface area (Å²) in [4.78, 5) is 19.5. The Bertz CT molecular complexity index is 787. The summed E-state index contributed by atoms with van der Waals surface area (Å²) in [6.07, 6.45) is 1.86. The molecule has 0 saturated carbocycles. The highest BCUT2D eigenvalue weighted by atomic mass is 16.6. The first-order chi connectivity index (χ1) is 10.4. The average Bonchev–Trinajstić information content (AvgIpc) is 2.44. The Morgan fingerprint density at radius 2 is 2.09 bits per heavy atom. The first kappa shape index (κ1) is 14.2. The van der Waals surface area contributed by atoms with Crippen LogP contribution in [-0.2, 0) is 11.8 Å². The number of nitro groups is 1. The zero-order valence-corrected chi connectivity index (χ0v) is 12.6. The van der Waals surface area contributed by atoms with Crippen LogP contribution < -0.4 is 10.5 Å². The van der Waals surface area contributed by atoms with Gasteiger partial charge < -0.3 is 10.5 Å². The van der Waals surface area contributed by atoms with E-state index in [1.54, 1.807) is 12.1 Å². The standard InChI is InChI=1S/C15H16N4O3/c1-15(2)6-9-8(12-11(15)14(16)18-7-17-12)4-5-10(22-3)13(9)19(20)21/h4-5,7H,6H2,1-3H3,(H2,16,17,18). The highest BCUT2D eigenvalue weighted by Gasteiger charge is 2.39. The molecule has 0 amide bonds. The lowest BCUT2D eigenvalue weighted by atomic mass is 9.71. The van der Waals surface area contributed by atoms with Gasteiger partial charge in [0.15, 0.2) is 5.75 Å². The average molecular weight is 300 g/mol. The van der Waals surface area contributed by atoms with Gasteiger partial charge in [0, 0.05) is 16.7 Å². The molecule has 0 atom stereocenters. The number of aromatic nitrogens is 2. The fourth-order valence-corrected chi connectivity index (χ4v) is 3.18. The van der Waals surface area contributed by atoms with Gasteiger partial charge in [0.05, 0.1) is 17.7 Å². The van der Waals surface area contributed by atoms with Crippen LogP contribution in [-0.4, -0.2) is 22.0 Å². The van der Waals surface area contributed by atoms with E-state index in [0.717, 1.165) is 11.1 Å². The molecule has 1 aromatic carbocycles. The van der Waals surface area contributed by atoms with Crippen LogP contribution in [0.25, 0.3) is 11.3 Å². The SMILES string of the molecule is COc1ccc2c(c1[N+](=O)[O-])CC(C)(C)c1c(N)ncnc1-2. The number of hydrogen-bond acceptors (Lipinski definition) is 6. The second-order valence-electron chi connectivity index (χ2n) is 5.94. The van der Waals surface area contributed by atoms with Crippen molar-refractivity contribution in [2.24, 2.45) is 0 Å². The van der Waals surface area contributed by atoms with E-state index in [1.165, 1.54) is 13.4 Å². The van der Waals surface area contributed by atoms with Crippen molar-refractivity contribution in [1.82, 2.24) is 9.97 Å². The van der Waals surface area contributed by atoms with Gasteiger partial charge in [0.1, 0.15) is 12.1 Å². The highest BCUT2D eigenvalue weighted by Crippen LogP contribution is 2.48. The predicted octanol–water partition coefficient (Wildman–Crippen LogP) is 2.48. The third-order valence-electron chi connectivity index (χ3n) is 4.08. The molecule has 0 saturated heterocycles. The zero-order valence-electron chi connectivity index (χ0n) is 12.6. The number of methoxy groups -OCH3 is 1. The number of fused-ring (bicyclic) bond motifs is 3. The normalized spacial score (nSPS) is 14.9. The fraction of sp³-hybridized carbons (Fsp3) is 0.333. The molecule has 22 heavy (non-hydrogen) atoms. The van der Waals surface area contributed by atoms with E-state index in [4.69, 9.17) is 10.5 Å². The minimum Gasteiger partial charge on any atom is -0.490 e. The van der Waals surface area contributed by atoms with E-state index in [0.29, 0.717) is 23.5 Å². The van der Waals surface area contributed by atoms with Gasteiger partial charge in [-0.2, -0.15) is 0 Å². The number of ether oxygens (including phenoxy) is 1. The molecule has 0 radical (unpaired) electrons. The molecule has 2 aromatic rings. The summed E-state index contributed by atoms with van der Waals surface area (Å²) >= 11 is 0. The monoisotopic (exact) mass is 300 g/mol. The number of nitrogen functional groups attached to an aromatic ring is 1. The highest BCUT2D eigenvalue weighted by molar-refractivity contribution is 5.80. The molecular weight excluding hydrogens is 284 g/mol. The molecule has 2 N–H and O–H groups in total. The summed E-state index contributed by atoms with van der Waals surface area (Å²) in [5, 5.41) is 11.5. The van der Waals surface area contributed by atoms with Crippen LogP contribution in [0.5, 0.6) is 5.75 Å². The Hall–Kier alpha value is -2.70. The van der Waals surface area contributed by atoms with Crippen molar-refractivity contribution in [3.05, 3.63) is 39.7 Å². The van der Waals surface area contributed by atoms with Crippen LogP contribution in [0.2, 0.25) is 0 Å². The minimum absolute atomic E-state index is 0.00379. The zero-order chi connectivity index (χ0) is 16.1. The lowest BCUT2D eigenvalue weighted by molar-refractivity contribution is -0.386. The van der Waals surface area contributed by atoms with E-state index in [9.17, 15) is 10.1 Å². The van der Waals surface area contributed by atoms with E-state index >= 15 is 0 Å². The van der Waals surface area contributed by atoms with Crippen molar-refractivity contribution in [1.29, 1.82) is 0 Å². The van der Waals surface area contributed by atoms with Gasteiger partial charge in [0.2, 0.25) is 0 Å². The second kappa shape index (κ2) is 4.66. The van der Waals surface area contributed by atoms with Crippen molar-refractivity contribution in [3.8, 4) is 17.0 Å². The van der Waals surface area contributed by atoms with Crippen molar-refractivity contribution < 1.29 is 9.66 Å². The molecule has 0 aliphatic heterocycles. The number of anilines is 1. The molecule has 0 bridgehead atoms. The van der Waals surface area contributed by atoms with Crippen LogP contribution >= 0.6 is 0 Å². The summed E-state index contributed by atoms with van der Waals surface area (Å²) in [6.45, 7) is 3.97. The Kier molecular flexibility index (Phi) is 3.01. The number of nitro benzene ring substituents is 1. The number of benzene rings is 1. The van der Waals surface area contributed by atoms with E-state index in [-0.39, 0.29) is 11.4 Å². The molecule has 0 unspecified atom stereocenters. The summed E-state index contributed by atoms with van der Waals surface area (Å²) in [5.41, 5.74) is 8.45. The Balaban J connectivity index is 2.39. The number of hydrogen-bond donors (Lipinski definition) is 1. The maximum atomic E-state index is 11.5. The maximum Gasteiger partial charge on any atom is 0.314 e. The van der Waals surface area contributed by atoms with Crippen molar-refractivity contribution in [2.45, 2.75) is 25.7 Å². The fourth-order valence-electron chi connectivity index (χ4n) is 3.18. The van der Waals surface area contributed by atoms with Gasteiger partial charge >= 0.3 is 5.69 Å². The summed E-state index contributed by atoms with van der Waals surface area (Å²) in [7, 11) is 1.43. The molecular formula is C15H16N4O3. The third kappa shape index (κ3) is 1.89. The molecule has 0 spiro atoms. The molecule has 7 heteroatoms. The van der Waals surface area contributed by atoms with Crippen molar-refractivity contribution >= 4 is 11.5 Å². The lowest BCUT2D eigenvalue weighted by Crippen LogP contribution is -2.28. The van der Waals surface area contributed by atoms with E-state index < -0.39 is 10.3 Å². The van der Waals surface area contributed by atoms with Gasteiger partial charge in [-0.15, -0.1) is 0 Å². The largest absolute Gasteiger partial charge is 0.490 e. The van der Waals surface area contributed by atoms with E-state index in [1.807, 2.05) is 13.8 Å². The third-order valence-corrected chi connectivity index (χ3v) is 4.08. The Morgan fingerprint density at radius 1 is 1.36 bits per heavy atom. The molecule has 0 fully saturated rings. The van der Waals surface area contributed by atoms with Crippen LogP contribution in [0.4, 0.5) is 11.5 Å². The molecule has 1 heterocycles. The topological polar surface area (TPSA) is 104 Å². The summed E-state index contributed by atoms with van der Waals surface area (Å²) < 4.78 is 5.15. The molecule has 3 rings (SSSR count). The van der Waals surface area contributed by atoms with E-state index in [2.05, 4.69) is 9.97 Å². The van der Waals surface area contributed by atoms with Gasteiger partial charge in [-0.25, -0.2) is 9.97 Å². The molecule has 1 aliphatic carbocycles. The van der Waals surface area contributed by atoms with Gasteiger partial charge in [0.25, 0.3) is 0 Å². The van der Waals surface area contributed by atoms with Crippen molar-refractivity contribution in [3.63, 3.8) is 0 Å². The Morgan fingerprint density at radius 3 is 2.73 bits per heavy atom. The smallest absolute Gasteiger partial charge is 0.314 e. The quantitative estimate of drug-likeness (QED) is 0.675. The molecule has 7 nitrogen and oxygen atoms in total. The Labute approximate surface area is 127 Å². The van der Waals surface area contributed by atoms with Crippen LogP contribution in [0.1, 0.15) is 25.0 Å². The first-order valence-corrected chi connectivity index (χ1v) is 6.82. The molecule has 1 aromatic heterocycles. The van der Waals surface area contributed by atoms with Crippen LogP contribution in [0, 0.1) is 10.1 Å². The number of nitrogens with two attached hydrogens (primary N) is 1. The summed E-state index contributed by atoms with van der Waals surface area (Å²) in [6, 6.07) is 3.39. The van der Waals surface area contributed by atoms with Gasteiger partial charge in [-0.3, -0.25) is 10.1 Å². The first-order valence-electron chi connectivity index (χ1n) is 6.82. The number of rotatable bonds is 2. The summed E-state index contributed by atoms with van der Waals surface area (Å²) in [5.74, 6) is 0.671. The molecule has 1 aliphatic rings. The predicted molar refractivity (Wildman–Crippen MR) is 81.8 cm³/mol. The minimum atomic E-state index is -0.400. The maximum absolute atomic E-state index is 11.5.